The summed E-state index contributed by atoms with van der Waals surface area (Å²) >= 11 is 0. The molecule has 0 aromatic heterocycles. The van der Waals surface area contributed by atoms with Gasteiger partial charge in [0.15, 0.2) is 0 Å². The Morgan fingerprint density at radius 2 is 1.80 bits per heavy atom. The van der Waals surface area contributed by atoms with Crippen molar-refractivity contribution in [2.45, 2.75) is 78.3 Å². The molecular formula is C18H36N2. The summed E-state index contributed by atoms with van der Waals surface area (Å²) in [6, 6.07) is 1.47. The zero-order valence-electron chi connectivity index (χ0n) is 14.2. The van der Waals surface area contributed by atoms with Crippen LogP contribution in [0.5, 0.6) is 0 Å². The molecule has 0 spiro atoms. The maximum Gasteiger partial charge on any atom is 0.0244 e. The van der Waals surface area contributed by atoms with Crippen LogP contribution in [-0.2, 0) is 0 Å². The fourth-order valence-corrected chi connectivity index (χ4v) is 4.19. The summed E-state index contributed by atoms with van der Waals surface area (Å²) in [6.45, 7) is 13.3. The minimum atomic E-state index is 0.716. The standard InChI is InChI=1S/C18H36N2/c1-14(2)11-17-13-20(18(12-19-17)15(3)4)10-9-16-7-5-6-8-16/h14-19H,5-13H2,1-4H3. The van der Waals surface area contributed by atoms with E-state index in [4.69, 9.17) is 0 Å². The lowest BCUT2D eigenvalue weighted by molar-refractivity contribution is 0.0863. The molecular weight excluding hydrogens is 244 g/mol. The molecule has 0 bridgehead atoms. The van der Waals surface area contributed by atoms with Gasteiger partial charge >= 0.3 is 0 Å². The number of rotatable bonds is 6. The number of nitrogens with zero attached hydrogens (tertiary/aromatic N) is 1. The molecule has 2 rings (SSSR count). The van der Waals surface area contributed by atoms with Crippen molar-refractivity contribution in [1.29, 1.82) is 0 Å². The van der Waals surface area contributed by atoms with Crippen molar-refractivity contribution < 1.29 is 0 Å². The zero-order valence-corrected chi connectivity index (χ0v) is 14.2. The van der Waals surface area contributed by atoms with E-state index in [0.717, 1.165) is 23.8 Å². The highest BCUT2D eigenvalue weighted by Crippen LogP contribution is 2.28. The van der Waals surface area contributed by atoms with E-state index in [1.807, 2.05) is 0 Å². The SMILES string of the molecule is CC(C)CC1CN(CCC2CCCC2)C(C(C)C)CN1. The first-order valence-corrected chi connectivity index (χ1v) is 9.03. The first-order valence-electron chi connectivity index (χ1n) is 9.03. The van der Waals surface area contributed by atoms with Gasteiger partial charge in [0, 0.05) is 25.2 Å². The summed E-state index contributed by atoms with van der Waals surface area (Å²) in [4.78, 5) is 2.81. The smallest absolute Gasteiger partial charge is 0.0244 e. The molecule has 1 saturated carbocycles. The molecule has 1 aliphatic carbocycles. The maximum absolute atomic E-state index is 3.80. The molecule has 2 fully saturated rings. The van der Waals surface area contributed by atoms with Crippen LogP contribution in [0.25, 0.3) is 0 Å². The molecule has 20 heavy (non-hydrogen) atoms. The van der Waals surface area contributed by atoms with Crippen LogP contribution in [0.4, 0.5) is 0 Å². The van der Waals surface area contributed by atoms with Gasteiger partial charge in [0.1, 0.15) is 0 Å². The number of hydrogen-bond acceptors (Lipinski definition) is 2. The van der Waals surface area contributed by atoms with E-state index in [2.05, 4.69) is 37.9 Å². The second-order valence-electron chi connectivity index (χ2n) is 7.98. The van der Waals surface area contributed by atoms with Crippen LogP contribution in [0.15, 0.2) is 0 Å². The van der Waals surface area contributed by atoms with Crippen molar-refractivity contribution in [1.82, 2.24) is 10.2 Å². The molecule has 2 unspecified atom stereocenters. The highest BCUT2D eigenvalue weighted by molar-refractivity contribution is 4.88. The molecule has 2 nitrogen and oxygen atoms in total. The second kappa shape index (κ2) is 7.79. The van der Waals surface area contributed by atoms with Crippen molar-refractivity contribution in [3.63, 3.8) is 0 Å². The fourth-order valence-electron chi connectivity index (χ4n) is 4.19. The molecule has 1 aliphatic heterocycles. The van der Waals surface area contributed by atoms with E-state index in [1.165, 1.54) is 58.2 Å². The van der Waals surface area contributed by atoms with Crippen LogP contribution in [0.3, 0.4) is 0 Å². The van der Waals surface area contributed by atoms with Gasteiger partial charge in [0.2, 0.25) is 0 Å². The first kappa shape index (κ1) is 16.3. The third kappa shape index (κ3) is 4.73. The van der Waals surface area contributed by atoms with Crippen LogP contribution < -0.4 is 5.32 Å². The van der Waals surface area contributed by atoms with Gasteiger partial charge in [-0.1, -0.05) is 53.4 Å². The van der Waals surface area contributed by atoms with Crippen LogP contribution in [0.1, 0.15) is 66.2 Å². The Morgan fingerprint density at radius 3 is 2.40 bits per heavy atom. The molecule has 0 radical (unpaired) electrons. The number of piperazine rings is 1. The lowest BCUT2D eigenvalue weighted by Gasteiger charge is -2.43. The fraction of sp³-hybridized carbons (Fsp3) is 1.00. The zero-order chi connectivity index (χ0) is 14.5. The summed E-state index contributed by atoms with van der Waals surface area (Å²) in [5.74, 6) is 2.60. The molecule has 118 valence electrons. The molecule has 0 aromatic carbocycles. The Kier molecular flexibility index (Phi) is 6.35. The average molecular weight is 280 g/mol. The van der Waals surface area contributed by atoms with E-state index in [9.17, 15) is 0 Å². The van der Waals surface area contributed by atoms with E-state index >= 15 is 0 Å². The van der Waals surface area contributed by atoms with E-state index in [0.29, 0.717) is 6.04 Å². The predicted octanol–water partition coefficient (Wildman–Crippen LogP) is 3.91. The lowest BCUT2D eigenvalue weighted by atomic mass is 9.94. The minimum absolute atomic E-state index is 0.716. The summed E-state index contributed by atoms with van der Waals surface area (Å²) in [6.07, 6.45) is 8.72. The predicted molar refractivity (Wildman–Crippen MR) is 88.0 cm³/mol. The highest BCUT2D eigenvalue weighted by atomic mass is 15.2. The van der Waals surface area contributed by atoms with Crippen molar-refractivity contribution in [2.24, 2.45) is 17.8 Å². The molecule has 0 amide bonds. The topological polar surface area (TPSA) is 15.3 Å². The summed E-state index contributed by atoms with van der Waals surface area (Å²) in [7, 11) is 0. The van der Waals surface area contributed by atoms with Crippen LogP contribution in [0.2, 0.25) is 0 Å². The van der Waals surface area contributed by atoms with Gasteiger partial charge in [-0.15, -0.1) is 0 Å². The summed E-state index contributed by atoms with van der Waals surface area (Å²) in [5, 5.41) is 3.80. The van der Waals surface area contributed by atoms with Crippen molar-refractivity contribution >= 4 is 0 Å². The number of hydrogen-bond donors (Lipinski definition) is 1. The molecule has 0 aromatic rings. The van der Waals surface area contributed by atoms with Crippen molar-refractivity contribution in [3.8, 4) is 0 Å². The van der Waals surface area contributed by atoms with Gasteiger partial charge in [-0.3, -0.25) is 4.90 Å². The van der Waals surface area contributed by atoms with Gasteiger partial charge in [-0.25, -0.2) is 0 Å². The van der Waals surface area contributed by atoms with Gasteiger partial charge in [0.05, 0.1) is 0 Å². The monoisotopic (exact) mass is 280 g/mol. The van der Waals surface area contributed by atoms with Crippen LogP contribution >= 0.6 is 0 Å². The lowest BCUT2D eigenvalue weighted by Crippen LogP contribution is -2.58. The third-order valence-corrected chi connectivity index (χ3v) is 5.36. The largest absolute Gasteiger partial charge is 0.311 e. The number of nitrogens with one attached hydrogen (secondary N) is 1. The quantitative estimate of drug-likeness (QED) is 0.793. The van der Waals surface area contributed by atoms with Crippen LogP contribution in [0, 0.1) is 17.8 Å². The molecule has 2 atom stereocenters. The van der Waals surface area contributed by atoms with Gasteiger partial charge < -0.3 is 5.32 Å². The van der Waals surface area contributed by atoms with E-state index < -0.39 is 0 Å². The van der Waals surface area contributed by atoms with Crippen molar-refractivity contribution in [3.05, 3.63) is 0 Å². The van der Waals surface area contributed by atoms with E-state index in [-0.39, 0.29) is 0 Å². The first-order chi connectivity index (χ1) is 9.56. The molecule has 1 saturated heterocycles. The Hall–Kier alpha value is -0.0800. The summed E-state index contributed by atoms with van der Waals surface area (Å²) in [5.41, 5.74) is 0. The Balaban J connectivity index is 1.84. The Labute approximate surface area is 126 Å². The van der Waals surface area contributed by atoms with E-state index in [1.54, 1.807) is 0 Å². The molecule has 2 heteroatoms. The third-order valence-electron chi connectivity index (χ3n) is 5.36. The molecule has 1 N–H and O–H groups in total. The van der Waals surface area contributed by atoms with Crippen molar-refractivity contribution in [2.75, 3.05) is 19.6 Å². The molecule has 1 heterocycles. The van der Waals surface area contributed by atoms with Gasteiger partial charge in [-0.05, 0) is 37.1 Å². The second-order valence-corrected chi connectivity index (χ2v) is 7.98. The van der Waals surface area contributed by atoms with Gasteiger partial charge in [-0.2, -0.15) is 0 Å². The Morgan fingerprint density at radius 1 is 1.10 bits per heavy atom. The molecule has 2 aliphatic rings. The normalized spacial score (nSPS) is 29.7. The Bertz CT molecular complexity index is 269. The highest BCUT2D eigenvalue weighted by Gasteiger charge is 2.30. The van der Waals surface area contributed by atoms with Crippen LogP contribution in [-0.4, -0.2) is 36.6 Å². The minimum Gasteiger partial charge on any atom is -0.311 e. The maximum atomic E-state index is 3.80. The summed E-state index contributed by atoms with van der Waals surface area (Å²) < 4.78 is 0. The van der Waals surface area contributed by atoms with Gasteiger partial charge in [0.25, 0.3) is 0 Å². The average Bonchev–Trinajstić information content (AvgIpc) is 2.88.